The monoisotopic (exact) mass is 299 g/mol. The molecule has 0 spiro atoms. The molecule has 2 N–H and O–H groups in total. The van der Waals surface area contributed by atoms with Crippen molar-refractivity contribution in [3.63, 3.8) is 0 Å². The summed E-state index contributed by atoms with van der Waals surface area (Å²) < 4.78 is 5.14. The van der Waals surface area contributed by atoms with Crippen molar-refractivity contribution in [2.24, 2.45) is 5.92 Å². The SMILES string of the molecule is CCC(C(=O)O)C(Nc1ccc(OC)cc1)c1ccccc1. The Labute approximate surface area is 130 Å². The summed E-state index contributed by atoms with van der Waals surface area (Å²) in [4.78, 5) is 11.6. The number of ether oxygens (including phenoxy) is 1. The third-order valence-corrected chi connectivity index (χ3v) is 3.73. The first-order valence-electron chi connectivity index (χ1n) is 7.34. The van der Waals surface area contributed by atoms with Crippen LogP contribution in [-0.4, -0.2) is 18.2 Å². The highest BCUT2D eigenvalue weighted by atomic mass is 16.5. The Morgan fingerprint density at radius 1 is 1.14 bits per heavy atom. The van der Waals surface area contributed by atoms with Crippen LogP contribution in [-0.2, 0) is 4.79 Å². The minimum absolute atomic E-state index is 0.280. The average molecular weight is 299 g/mol. The van der Waals surface area contributed by atoms with Gasteiger partial charge in [-0.2, -0.15) is 0 Å². The van der Waals surface area contributed by atoms with Gasteiger partial charge in [-0.25, -0.2) is 0 Å². The summed E-state index contributed by atoms with van der Waals surface area (Å²) >= 11 is 0. The lowest BCUT2D eigenvalue weighted by Crippen LogP contribution is -2.27. The first-order valence-corrected chi connectivity index (χ1v) is 7.34. The van der Waals surface area contributed by atoms with Gasteiger partial charge in [0.1, 0.15) is 5.75 Å². The maximum Gasteiger partial charge on any atom is 0.308 e. The highest BCUT2D eigenvalue weighted by molar-refractivity contribution is 5.72. The highest BCUT2D eigenvalue weighted by Gasteiger charge is 2.27. The Bertz CT molecular complexity index is 595. The summed E-state index contributed by atoms with van der Waals surface area (Å²) in [6.07, 6.45) is 0.554. The molecule has 0 saturated heterocycles. The highest BCUT2D eigenvalue weighted by Crippen LogP contribution is 2.29. The lowest BCUT2D eigenvalue weighted by atomic mass is 9.90. The molecule has 0 aliphatic rings. The summed E-state index contributed by atoms with van der Waals surface area (Å²) in [7, 11) is 1.62. The molecule has 0 aromatic heterocycles. The van der Waals surface area contributed by atoms with E-state index in [1.807, 2.05) is 61.5 Å². The quantitative estimate of drug-likeness (QED) is 0.812. The van der Waals surface area contributed by atoms with E-state index in [0.717, 1.165) is 17.0 Å². The number of hydrogen-bond donors (Lipinski definition) is 2. The van der Waals surface area contributed by atoms with Crippen molar-refractivity contribution in [1.29, 1.82) is 0 Å². The Morgan fingerprint density at radius 3 is 2.27 bits per heavy atom. The number of carboxylic acid groups (broad SMARTS) is 1. The second kappa shape index (κ2) is 7.50. The number of aliphatic carboxylic acids is 1. The lowest BCUT2D eigenvalue weighted by Gasteiger charge is -2.26. The summed E-state index contributed by atoms with van der Waals surface area (Å²) in [6.45, 7) is 1.89. The maximum absolute atomic E-state index is 11.6. The molecular weight excluding hydrogens is 278 g/mol. The van der Waals surface area contributed by atoms with E-state index >= 15 is 0 Å². The molecule has 4 heteroatoms. The number of anilines is 1. The number of carboxylic acids is 1. The molecule has 0 bridgehead atoms. The predicted octanol–water partition coefficient (Wildman–Crippen LogP) is 3.96. The number of rotatable bonds is 7. The molecule has 2 atom stereocenters. The van der Waals surface area contributed by atoms with E-state index in [0.29, 0.717) is 6.42 Å². The third kappa shape index (κ3) is 3.79. The molecule has 22 heavy (non-hydrogen) atoms. The minimum Gasteiger partial charge on any atom is -0.497 e. The molecule has 0 radical (unpaired) electrons. The van der Waals surface area contributed by atoms with Gasteiger partial charge in [-0.3, -0.25) is 4.79 Å². The molecule has 2 unspecified atom stereocenters. The van der Waals surface area contributed by atoms with Gasteiger partial charge in [0.2, 0.25) is 0 Å². The molecule has 116 valence electrons. The van der Waals surface area contributed by atoms with Crippen LogP contribution in [0.5, 0.6) is 5.75 Å². The van der Waals surface area contributed by atoms with Crippen molar-refractivity contribution in [1.82, 2.24) is 0 Å². The first-order chi connectivity index (χ1) is 10.7. The zero-order valence-electron chi connectivity index (χ0n) is 12.8. The van der Waals surface area contributed by atoms with Crippen molar-refractivity contribution in [2.75, 3.05) is 12.4 Å². The number of hydrogen-bond acceptors (Lipinski definition) is 3. The van der Waals surface area contributed by atoms with Crippen LogP contribution in [0.25, 0.3) is 0 Å². The summed E-state index contributed by atoms with van der Waals surface area (Å²) in [6, 6.07) is 16.9. The van der Waals surface area contributed by atoms with Crippen molar-refractivity contribution < 1.29 is 14.6 Å². The molecule has 2 aromatic rings. The fourth-order valence-corrected chi connectivity index (χ4v) is 2.50. The fourth-order valence-electron chi connectivity index (χ4n) is 2.50. The smallest absolute Gasteiger partial charge is 0.308 e. The number of methoxy groups -OCH3 is 1. The number of carbonyl (C=O) groups is 1. The van der Waals surface area contributed by atoms with E-state index in [2.05, 4.69) is 5.32 Å². The largest absolute Gasteiger partial charge is 0.497 e. The Kier molecular flexibility index (Phi) is 5.42. The zero-order chi connectivity index (χ0) is 15.9. The van der Waals surface area contributed by atoms with E-state index in [1.165, 1.54) is 0 Å². The van der Waals surface area contributed by atoms with Crippen molar-refractivity contribution >= 4 is 11.7 Å². The van der Waals surface area contributed by atoms with Crippen LogP contribution in [0.15, 0.2) is 54.6 Å². The molecule has 0 heterocycles. The molecule has 2 aromatic carbocycles. The van der Waals surface area contributed by atoms with Crippen LogP contribution in [0.4, 0.5) is 5.69 Å². The van der Waals surface area contributed by atoms with Crippen LogP contribution in [0.3, 0.4) is 0 Å². The molecule has 0 amide bonds. The van der Waals surface area contributed by atoms with Gasteiger partial charge >= 0.3 is 5.97 Å². The molecule has 0 saturated carbocycles. The lowest BCUT2D eigenvalue weighted by molar-refractivity contribution is -0.142. The standard InChI is InChI=1S/C18H21NO3/c1-3-16(18(20)21)17(13-7-5-4-6-8-13)19-14-9-11-15(22-2)12-10-14/h4-12,16-17,19H,3H2,1-2H3,(H,20,21). The predicted molar refractivity (Wildman–Crippen MR) is 87.2 cm³/mol. The second-order valence-electron chi connectivity index (χ2n) is 5.11. The molecule has 0 aliphatic heterocycles. The first kappa shape index (κ1) is 15.9. The third-order valence-electron chi connectivity index (χ3n) is 3.73. The van der Waals surface area contributed by atoms with Crippen molar-refractivity contribution in [3.8, 4) is 5.75 Å². The van der Waals surface area contributed by atoms with E-state index in [4.69, 9.17) is 4.74 Å². The van der Waals surface area contributed by atoms with Crippen LogP contribution < -0.4 is 10.1 Å². The minimum atomic E-state index is -0.794. The Hall–Kier alpha value is -2.49. The van der Waals surface area contributed by atoms with E-state index in [1.54, 1.807) is 7.11 Å². The summed E-state index contributed by atoms with van der Waals surface area (Å²) in [5.74, 6) is -0.519. The van der Waals surface area contributed by atoms with E-state index in [-0.39, 0.29) is 6.04 Å². The number of nitrogens with one attached hydrogen (secondary N) is 1. The van der Waals surface area contributed by atoms with E-state index < -0.39 is 11.9 Å². The molecular formula is C18H21NO3. The Balaban J connectivity index is 2.29. The average Bonchev–Trinajstić information content (AvgIpc) is 2.55. The van der Waals surface area contributed by atoms with Gasteiger partial charge in [0, 0.05) is 5.69 Å². The summed E-state index contributed by atoms with van der Waals surface area (Å²) in [5, 5.41) is 12.8. The van der Waals surface area contributed by atoms with Gasteiger partial charge in [-0.1, -0.05) is 37.3 Å². The van der Waals surface area contributed by atoms with Crippen LogP contribution in [0.1, 0.15) is 24.9 Å². The number of benzene rings is 2. The second-order valence-corrected chi connectivity index (χ2v) is 5.11. The van der Waals surface area contributed by atoms with Gasteiger partial charge in [0.05, 0.1) is 19.1 Å². The van der Waals surface area contributed by atoms with E-state index in [9.17, 15) is 9.90 Å². The fraction of sp³-hybridized carbons (Fsp3) is 0.278. The summed E-state index contributed by atoms with van der Waals surface area (Å²) in [5.41, 5.74) is 1.84. The maximum atomic E-state index is 11.6. The van der Waals surface area contributed by atoms with Gasteiger partial charge in [-0.05, 0) is 36.2 Å². The van der Waals surface area contributed by atoms with Gasteiger partial charge in [-0.15, -0.1) is 0 Å². The van der Waals surface area contributed by atoms with Gasteiger partial charge in [0.15, 0.2) is 0 Å². The zero-order valence-corrected chi connectivity index (χ0v) is 12.8. The van der Waals surface area contributed by atoms with Crippen molar-refractivity contribution in [3.05, 3.63) is 60.2 Å². The normalized spacial score (nSPS) is 13.2. The van der Waals surface area contributed by atoms with Gasteiger partial charge < -0.3 is 15.2 Å². The molecule has 0 aliphatic carbocycles. The van der Waals surface area contributed by atoms with Gasteiger partial charge in [0.25, 0.3) is 0 Å². The molecule has 2 rings (SSSR count). The Morgan fingerprint density at radius 2 is 1.77 bits per heavy atom. The molecule has 0 fully saturated rings. The topological polar surface area (TPSA) is 58.6 Å². The molecule has 4 nitrogen and oxygen atoms in total. The van der Waals surface area contributed by atoms with Crippen molar-refractivity contribution in [2.45, 2.75) is 19.4 Å². The van der Waals surface area contributed by atoms with Crippen LogP contribution in [0.2, 0.25) is 0 Å². The van der Waals surface area contributed by atoms with Crippen LogP contribution >= 0.6 is 0 Å². The van der Waals surface area contributed by atoms with Crippen LogP contribution in [0, 0.1) is 5.92 Å².